The molecule has 0 N–H and O–H groups in total. The molecule has 1 aliphatic rings. The van der Waals surface area contributed by atoms with Crippen LogP contribution in [0.4, 0.5) is 0 Å². The summed E-state index contributed by atoms with van der Waals surface area (Å²) in [6.07, 6.45) is 3.18. The third-order valence-electron chi connectivity index (χ3n) is 7.57. The molecule has 1 aromatic heterocycles. The van der Waals surface area contributed by atoms with Crippen LogP contribution >= 0.6 is 0 Å². The average Bonchev–Trinajstić information content (AvgIpc) is 2.81. The number of hydrogen-bond acceptors (Lipinski definition) is 1. The van der Waals surface area contributed by atoms with Gasteiger partial charge in [-0.25, -0.2) is 4.57 Å². The first-order valence-electron chi connectivity index (χ1n) is 12.8. The Morgan fingerprint density at radius 2 is 1.63 bits per heavy atom. The third kappa shape index (κ3) is 3.26. The van der Waals surface area contributed by atoms with Crippen LogP contribution in [0.15, 0.2) is 60.8 Å². The van der Waals surface area contributed by atoms with E-state index in [-0.39, 0.29) is 5.41 Å². The molecule has 5 aromatic rings. The highest BCUT2D eigenvalue weighted by atomic mass is 16.5. The summed E-state index contributed by atoms with van der Waals surface area (Å²) in [6.45, 7) is 13.8. The molecule has 1 aliphatic heterocycles. The highest BCUT2D eigenvalue weighted by Crippen LogP contribution is 2.53. The van der Waals surface area contributed by atoms with Crippen LogP contribution in [0, 0.1) is 12.3 Å². The van der Waals surface area contributed by atoms with Gasteiger partial charge in [0.2, 0.25) is 5.69 Å². The molecule has 0 amide bonds. The van der Waals surface area contributed by atoms with Gasteiger partial charge in [-0.1, -0.05) is 77.1 Å². The van der Waals surface area contributed by atoms with E-state index in [2.05, 4.69) is 114 Å². The number of aryl methyl sites for hydroxylation is 2. The first-order chi connectivity index (χ1) is 16.7. The predicted molar refractivity (Wildman–Crippen MR) is 148 cm³/mol. The monoisotopic (exact) mass is 460 g/mol. The lowest BCUT2D eigenvalue weighted by molar-refractivity contribution is -0.659. The van der Waals surface area contributed by atoms with Crippen molar-refractivity contribution in [2.24, 2.45) is 12.5 Å². The van der Waals surface area contributed by atoms with E-state index in [4.69, 9.17) is 4.74 Å². The standard InChI is InChI=1S/C33H34NO/c1-19(2)22-14-10-11-21-17-27-30-25(29(21)22)15-16-34(7)31(30)28-20(3)23-12-8-9-13-24(23)26(32(28)35-27)18-33(4,5)6/h8-17,19H,18H2,1-7H3/q+1. The summed E-state index contributed by atoms with van der Waals surface area (Å²) in [4.78, 5) is 0. The number of nitrogens with zero attached hydrogens (tertiary/aromatic N) is 1. The first-order valence-corrected chi connectivity index (χ1v) is 12.8. The second-order valence-corrected chi connectivity index (χ2v) is 11.7. The van der Waals surface area contributed by atoms with Crippen LogP contribution in [0.5, 0.6) is 11.5 Å². The minimum absolute atomic E-state index is 0.138. The largest absolute Gasteiger partial charge is 0.455 e. The summed E-state index contributed by atoms with van der Waals surface area (Å²) in [5.41, 5.74) is 6.64. The molecule has 0 unspecified atom stereocenters. The van der Waals surface area contributed by atoms with E-state index in [9.17, 15) is 0 Å². The Morgan fingerprint density at radius 3 is 2.34 bits per heavy atom. The van der Waals surface area contributed by atoms with Crippen LogP contribution in [0.1, 0.15) is 57.2 Å². The van der Waals surface area contributed by atoms with Crippen molar-refractivity contribution in [1.82, 2.24) is 0 Å². The molecule has 0 bridgehead atoms. The highest BCUT2D eigenvalue weighted by molar-refractivity contribution is 6.17. The van der Waals surface area contributed by atoms with E-state index in [1.165, 1.54) is 60.3 Å². The van der Waals surface area contributed by atoms with Gasteiger partial charge in [0.05, 0.1) is 10.9 Å². The van der Waals surface area contributed by atoms with Gasteiger partial charge in [0.15, 0.2) is 6.20 Å². The van der Waals surface area contributed by atoms with E-state index < -0.39 is 0 Å². The normalized spacial score (nSPS) is 13.0. The maximum Gasteiger partial charge on any atom is 0.228 e. The molecule has 2 nitrogen and oxygen atoms in total. The Bertz CT molecular complexity index is 1670. The van der Waals surface area contributed by atoms with E-state index in [1.54, 1.807) is 0 Å². The number of ether oxygens (including phenoxy) is 1. The van der Waals surface area contributed by atoms with Crippen molar-refractivity contribution < 1.29 is 9.30 Å². The van der Waals surface area contributed by atoms with Gasteiger partial charge < -0.3 is 4.74 Å². The second kappa shape index (κ2) is 7.55. The Morgan fingerprint density at radius 1 is 0.886 bits per heavy atom. The summed E-state index contributed by atoms with van der Waals surface area (Å²) >= 11 is 0. The van der Waals surface area contributed by atoms with Crippen molar-refractivity contribution in [2.75, 3.05) is 0 Å². The summed E-state index contributed by atoms with van der Waals surface area (Å²) < 4.78 is 9.26. The number of aromatic nitrogens is 1. The molecule has 2 heterocycles. The van der Waals surface area contributed by atoms with Crippen LogP contribution in [-0.2, 0) is 13.5 Å². The summed E-state index contributed by atoms with van der Waals surface area (Å²) in [5, 5.41) is 7.73. The molecule has 0 saturated heterocycles. The molecule has 35 heavy (non-hydrogen) atoms. The molecule has 0 saturated carbocycles. The van der Waals surface area contributed by atoms with Crippen LogP contribution < -0.4 is 9.30 Å². The quantitative estimate of drug-likeness (QED) is 0.186. The first kappa shape index (κ1) is 22.1. The Balaban J connectivity index is 1.82. The minimum Gasteiger partial charge on any atom is -0.455 e. The zero-order chi connectivity index (χ0) is 24.6. The molecule has 6 rings (SSSR count). The van der Waals surface area contributed by atoms with Crippen LogP contribution in [0.25, 0.3) is 43.6 Å². The third-order valence-corrected chi connectivity index (χ3v) is 7.57. The second-order valence-electron chi connectivity index (χ2n) is 11.7. The van der Waals surface area contributed by atoms with Gasteiger partial charge in [0.25, 0.3) is 0 Å². The number of hydrogen-bond donors (Lipinski definition) is 0. The fraction of sp³-hybridized carbons (Fsp3) is 0.303. The van der Waals surface area contributed by atoms with Crippen molar-refractivity contribution in [3.8, 4) is 22.8 Å². The number of fused-ring (bicyclic) bond motifs is 5. The molecule has 4 aromatic carbocycles. The van der Waals surface area contributed by atoms with Crippen LogP contribution in [0.3, 0.4) is 0 Å². The highest BCUT2D eigenvalue weighted by Gasteiger charge is 2.34. The van der Waals surface area contributed by atoms with E-state index in [0.29, 0.717) is 5.92 Å². The smallest absolute Gasteiger partial charge is 0.228 e. The molecular formula is C33H34NO+. The molecule has 0 atom stereocenters. The van der Waals surface area contributed by atoms with Crippen molar-refractivity contribution >= 4 is 32.3 Å². The average molecular weight is 461 g/mol. The molecule has 2 heteroatoms. The fourth-order valence-electron chi connectivity index (χ4n) is 6.07. The van der Waals surface area contributed by atoms with Crippen molar-refractivity contribution in [2.45, 2.75) is 53.9 Å². The van der Waals surface area contributed by atoms with Gasteiger partial charge in [-0.2, -0.15) is 0 Å². The number of benzene rings is 4. The van der Waals surface area contributed by atoms with E-state index >= 15 is 0 Å². The van der Waals surface area contributed by atoms with Crippen molar-refractivity contribution in [3.63, 3.8) is 0 Å². The minimum atomic E-state index is 0.138. The number of rotatable bonds is 2. The van der Waals surface area contributed by atoms with E-state index in [1.807, 2.05) is 0 Å². The van der Waals surface area contributed by atoms with Gasteiger partial charge in [0, 0.05) is 17.0 Å². The maximum absolute atomic E-state index is 6.97. The molecule has 176 valence electrons. The molecule has 0 radical (unpaired) electrons. The maximum atomic E-state index is 6.97. The van der Waals surface area contributed by atoms with Crippen LogP contribution in [-0.4, -0.2) is 0 Å². The summed E-state index contributed by atoms with van der Waals surface area (Å²) in [5.74, 6) is 2.45. The van der Waals surface area contributed by atoms with Gasteiger partial charge in [-0.05, 0) is 63.4 Å². The lowest BCUT2D eigenvalue weighted by atomic mass is 9.81. The van der Waals surface area contributed by atoms with Crippen LogP contribution in [0.2, 0.25) is 0 Å². The zero-order valence-corrected chi connectivity index (χ0v) is 21.9. The topological polar surface area (TPSA) is 13.1 Å². The Labute approximate surface area is 208 Å². The Hall–Kier alpha value is -3.39. The molecular weight excluding hydrogens is 426 g/mol. The summed E-state index contributed by atoms with van der Waals surface area (Å²) in [6, 6.07) is 20.1. The Kier molecular flexibility index (Phi) is 4.77. The van der Waals surface area contributed by atoms with Gasteiger partial charge in [-0.3, -0.25) is 0 Å². The number of pyridine rings is 1. The summed E-state index contributed by atoms with van der Waals surface area (Å²) in [7, 11) is 2.17. The predicted octanol–water partition coefficient (Wildman–Crippen LogP) is 8.76. The van der Waals surface area contributed by atoms with E-state index in [0.717, 1.165) is 17.9 Å². The van der Waals surface area contributed by atoms with Gasteiger partial charge >= 0.3 is 0 Å². The SMILES string of the molecule is Cc1c2c(c(CC(C)(C)C)c3ccccc13)Oc1cc3cccc(C(C)C)c3c3cc[n+](C)c-2c13. The lowest BCUT2D eigenvalue weighted by Gasteiger charge is -2.28. The molecule has 0 aliphatic carbocycles. The lowest BCUT2D eigenvalue weighted by Crippen LogP contribution is -2.32. The zero-order valence-electron chi connectivity index (χ0n) is 21.9. The van der Waals surface area contributed by atoms with Gasteiger partial charge in [-0.15, -0.1) is 0 Å². The van der Waals surface area contributed by atoms with Crippen molar-refractivity contribution in [3.05, 3.63) is 77.5 Å². The van der Waals surface area contributed by atoms with Crippen molar-refractivity contribution in [1.29, 1.82) is 0 Å². The molecule has 0 spiro atoms. The van der Waals surface area contributed by atoms with Gasteiger partial charge in [0.1, 0.15) is 18.5 Å². The molecule has 0 fully saturated rings. The fourth-order valence-corrected chi connectivity index (χ4v) is 6.07.